The number of carbonyl (C=O) groups excluding carboxylic acids is 1. The van der Waals surface area contributed by atoms with Crippen LogP contribution in [0, 0.1) is 0 Å². The quantitative estimate of drug-likeness (QED) is 0.901. The number of rotatable bonds is 2. The van der Waals surface area contributed by atoms with E-state index in [0.29, 0.717) is 18.1 Å². The summed E-state index contributed by atoms with van der Waals surface area (Å²) in [5, 5.41) is 2.89. The maximum Gasteiger partial charge on any atom is 0.274 e. The van der Waals surface area contributed by atoms with Crippen LogP contribution in [0.15, 0.2) is 36.7 Å². The zero-order chi connectivity index (χ0) is 13.9. The average molecular weight is 268 g/mol. The highest BCUT2D eigenvalue weighted by atomic mass is 16.2. The third-order valence-electron chi connectivity index (χ3n) is 3.54. The van der Waals surface area contributed by atoms with Gasteiger partial charge in [-0.3, -0.25) is 4.79 Å². The Kier molecular flexibility index (Phi) is 3.33. The number of hydrogen-bond acceptors (Lipinski definition) is 4. The van der Waals surface area contributed by atoms with Crippen molar-refractivity contribution in [2.75, 3.05) is 18.9 Å². The van der Waals surface area contributed by atoms with Gasteiger partial charge in [0.2, 0.25) is 0 Å². The summed E-state index contributed by atoms with van der Waals surface area (Å²) >= 11 is 0. The van der Waals surface area contributed by atoms with Crippen molar-refractivity contribution in [2.45, 2.75) is 13.0 Å². The summed E-state index contributed by atoms with van der Waals surface area (Å²) in [5.74, 6) is 0.597. The van der Waals surface area contributed by atoms with Gasteiger partial charge in [-0.2, -0.15) is 0 Å². The minimum absolute atomic E-state index is 0.0605. The fraction of sp³-hybridized carbons (Fsp3) is 0.267. The molecule has 5 nitrogen and oxygen atoms in total. The minimum atomic E-state index is -0.0605. The first-order valence-electron chi connectivity index (χ1n) is 6.64. The van der Waals surface area contributed by atoms with E-state index in [1.54, 1.807) is 13.2 Å². The number of aromatic nitrogens is 2. The van der Waals surface area contributed by atoms with E-state index in [2.05, 4.69) is 27.4 Å². The second-order valence-electron chi connectivity index (χ2n) is 4.78. The van der Waals surface area contributed by atoms with E-state index in [4.69, 9.17) is 0 Å². The number of nitrogens with one attached hydrogen (secondary N) is 1. The van der Waals surface area contributed by atoms with E-state index < -0.39 is 0 Å². The van der Waals surface area contributed by atoms with E-state index in [1.165, 1.54) is 17.3 Å². The second kappa shape index (κ2) is 5.28. The van der Waals surface area contributed by atoms with Crippen LogP contribution in [0.5, 0.6) is 0 Å². The summed E-state index contributed by atoms with van der Waals surface area (Å²) in [7, 11) is 1.77. The van der Waals surface area contributed by atoms with Gasteiger partial charge in [-0.25, -0.2) is 9.97 Å². The molecule has 102 valence electrons. The Morgan fingerprint density at radius 1 is 1.20 bits per heavy atom. The van der Waals surface area contributed by atoms with Crippen molar-refractivity contribution in [2.24, 2.45) is 0 Å². The van der Waals surface area contributed by atoms with Gasteiger partial charge in [0.25, 0.3) is 5.91 Å². The van der Waals surface area contributed by atoms with E-state index in [0.717, 1.165) is 13.0 Å². The summed E-state index contributed by atoms with van der Waals surface area (Å²) in [6.07, 6.45) is 3.99. The van der Waals surface area contributed by atoms with Crippen LogP contribution in [0.2, 0.25) is 0 Å². The van der Waals surface area contributed by atoms with Gasteiger partial charge in [0.05, 0.1) is 12.4 Å². The van der Waals surface area contributed by atoms with Crippen LogP contribution in [-0.2, 0) is 13.0 Å². The normalized spacial score (nSPS) is 13.8. The second-order valence-corrected chi connectivity index (χ2v) is 4.78. The lowest BCUT2D eigenvalue weighted by Crippen LogP contribution is -2.36. The lowest BCUT2D eigenvalue weighted by atomic mass is 10.00. The lowest BCUT2D eigenvalue weighted by molar-refractivity contribution is 0.0728. The maximum atomic E-state index is 12.4. The molecule has 0 atom stereocenters. The molecule has 0 spiro atoms. The van der Waals surface area contributed by atoms with E-state index >= 15 is 0 Å². The number of fused-ring (bicyclic) bond motifs is 1. The largest absolute Gasteiger partial charge is 0.372 e. The number of nitrogens with zero attached hydrogens (tertiary/aromatic N) is 3. The molecule has 0 radical (unpaired) electrons. The Morgan fingerprint density at radius 3 is 2.70 bits per heavy atom. The zero-order valence-corrected chi connectivity index (χ0v) is 11.3. The van der Waals surface area contributed by atoms with Crippen LogP contribution in [-0.4, -0.2) is 34.4 Å². The van der Waals surface area contributed by atoms with Crippen molar-refractivity contribution in [3.8, 4) is 0 Å². The van der Waals surface area contributed by atoms with Gasteiger partial charge < -0.3 is 10.2 Å². The van der Waals surface area contributed by atoms with Crippen LogP contribution < -0.4 is 5.32 Å². The molecule has 1 amide bonds. The summed E-state index contributed by atoms with van der Waals surface area (Å²) in [6.45, 7) is 1.37. The highest BCUT2D eigenvalue weighted by Gasteiger charge is 2.22. The number of amides is 1. The number of hydrogen-bond donors (Lipinski definition) is 1. The summed E-state index contributed by atoms with van der Waals surface area (Å²) in [4.78, 5) is 22.5. The minimum Gasteiger partial charge on any atom is -0.372 e. The number of benzene rings is 1. The molecule has 3 rings (SSSR count). The van der Waals surface area contributed by atoms with Crippen LogP contribution in [0.1, 0.15) is 21.6 Å². The standard InChI is InChI=1S/C15H16N4O/c1-16-14-9-17-13(8-18-14)15(20)19-7-6-11-4-2-3-5-12(11)10-19/h2-5,8-9H,6-7,10H2,1H3,(H,16,18). The van der Waals surface area contributed by atoms with Crippen LogP contribution in [0.25, 0.3) is 0 Å². The third kappa shape index (κ3) is 2.34. The van der Waals surface area contributed by atoms with E-state index in [-0.39, 0.29) is 5.91 Å². The predicted molar refractivity (Wildman–Crippen MR) is 76.5 cm³/mol. The van der Waals surface area contributed by atoms with Crippen molar-refractivity contribution < 1.29 is 4.79 Å². The van der Waals surface area contributed by atoms with Gasteiger partial charge in [0.15, 0.2) is 0 Å². The first-order valence-corrected chi connectivity index (χ1v) is 6.64. The van der Waals surface area contributed by atoms with E-state index in [9.17, 15) is 4.79 Å². The molecule has 1 aliphatic rings. The van der Waals surface area contributed by atoms with Gasteiger partial charge in [0, 0.05) is 20.1 Å². The Hall–Kier alpha value is -2.43. The molecule has 2 heterocycles. The Balaban J connectivity index is 1.78. The Labute approximate surface area is 117 Å². The topological polar surface area (TPSA) is 58.1 Å². The zero-order valence-electron chi connectivity index (χ0n) is 11.3. The molecule has 1 aromatic heterocycles. The SMILES string of the molecule is CNc1cnc(C(=O)N2CCc3ccccc3C2)cn1. The fourth-order valence-corrected chi connectivity index (χ4v) is 2.40. The van der Waals surface area contributed by atoms with Gasteiger partial charge in [-0.15, -0.1) is 0 Å². The highest BCUT2D eigenvalue weighted by Crippen LogP contribution is 2.19. The molecule has 2 aromatic rings. The molecule has 1 aliphatic heterocycles. The summed E-state index contributed by atoms with van der Waals surface area (Å²) in [5.41, 5.74) is 2.93. The van der Waals surface area contributed by atoms with Crippen LogP contribution in [0.3, 0.4) is 0 Å². The molecule has 0 fully saturated rings. The van der Waals surface area contributed by atoms with Crippen molar-refractivity contribution in [3.05, 3.63) is 53.5 Å². The molecule has 0 saturated heterocycles. The van der Waals surface area contributed by atoms with Crippen molar-refractivity contribution in [1.29, 1.82) is 0 Å². The van der Waals surface area contributed by atoms with Crippen LogP contribution >= 0.6 is 0 Å². The van der Waals surface area contributed by atoms with E-state index in [1.807, 2.05) is 17.0 Å². The van der Waals surface area contributed by atoms with Gasteiger partial charge >= 0.3 is 0 Å². The molecule has 0 aliphatic carbocycles. The maximum absolute atomic E-state index is 12.4. The monoisotopic (exact) mass is 268 g/mol. The molecule has 1 aromatic carbocycles. The molecule has 20 heavy (non-hydrogen) atoms. The molecule has 5 heteroatoms. The van der Waals surface area contributed by atoms with Crippen molar-refractivity contribution >= 4 is 11.7 Å². The molecule has 1 N–H and O–H groups in total. The van der Waals surface area contributed by atoms with Gasteiger partial charge in [-0.1, -0.05) is 24.3 Å². The lowest BCUT2D eigenvalue weighted by Gasteiger charge is -2.28. The average Bonchev–Trinajstić information content (AvgIpc) is 2.54. The molecular formula is C15H16N4O. The Morgan fingerprint density at radius 2 is 2.00 bits per heavy atom. The molecule has 0 bridgehead atoms. The van der Waals surface area contributed by atoms with Crippen molar-refractivity contribution in [1.82, 2.24) is 14.9 Å². The predicted octanol–water partition coefficient (Wildman–Crippen LogP) is 1.72. The molecular weight excluding hydrogens is 252 g/mol. The number of anilines is 1. The fourth-order valence-electron chi connectivity index (χ4n) is 2.40. The molecule has 0 unspecified atom stereocenters. The first-order chi connectivity index (χ1) is 9.78. The smallest absolute Gasteiger partial charge is 0.274 e. The summed E-state index contributed by atoms with van der Waals surface area (Å²) < 4.78 is 0. The Bertz CT molecular complexity index is 624. The number of carbonyl (C=O) groups is 1. The summed E-state index contributed by atoms with van der Waals surface area (Å²) in [6, 6.07) is 8.25. The molecule has 0 saturated carbocycles. The first kappa shape index (κ1) is 12.6. The highest BCUT2D eigenvalue weighted by molar-refractivity contribution is 5.92. The van der Waals surface area contributed by atoms with Crippen LogP contribution in [0.4, 0.5) is 5.82 Å². The van der Waals surface area contributed by atoms with Gasteiger partial charge in [-0.05, 0) is 17.5 Å². The third-order valence-corrected chi connectivity index (χ3v) is 3.54. The van der Waals surface area contributed by atoms with Crippen molar-refractivity contribution in [3.63, 3.8) is 0 Å². The van der Waals surface area contributed by atoms with Gasteiger partial charge in [0.1, 0.15) is 11.5 Å².